The second kappa shape index (κ2) is 9.49. The van der Waals surface area contributed by atoms with Crippen molar-refractivity contribution >= 4 is 44.3 Å². The SMILES string of the molecule is COC(=O)c1cc2ccccc2cc1-c1cccc2c(-c3cc4ccccc4cc3C(=O)OC)cccc12. The summed E-state index contributed by atoms with van der Waals surface area (Å²) in [5.41, 5.74) is 4.43. The topological polar surface area (TPSA) is 52.6 Å². The first-order chi connectivity index (χ1) is 18.6. The van der Waals surface area contributed by atoms with Gasteiger partial charge in [0.1, 0.15) is 0 Å². The normalized spacial score (nSPS) is 11.1. The molecule has 0 atom stereocenters. The Hall–Kier alpha value is -4.96. The molecule has 184 valence electrons. The van der Waals surface area contributed by atoms with E-state index in [0.717, 1.165) is 54.6 Å². The summed E-state index contributed by atoms with van der Waals surface area (Å²) in [7, 11) is 2.80. The van der Waals surface area contributed by atoms with E-state index in [4.69, 9.17) is 9.47 Å². The smallest absolute Gasteiger partial charge is 0.338 e. The van der Waals surface area contributed by atoms with Crippen molar-refractivity contribution in [3.63, 3.8) is 0 Å². The number of carbonyl (C=O) groups excluding carboxylic acids is 2. The maximum absolute atomic E-state index is 12.9. The van der Waals surface area contributed by atoms with E-state index in [-0.39, 0.29) is 11.9 Å². The summed E-state index contributed by atoms with van der Waals surface area (Å²) in [5, 5.41) is 5.94. The molecule has 0 aliphatic carbocycles. The summed E-state index contributed by atoms with van der Waals surface area (Å²) in [5.74, 6) is -0.775. The molecule has 0 radical (unpaired) electrons. The van der Waals surface area contributed by atoms with Gasteiger partial charge < -0.3 is 9.47 Å². The fourth-order valence-corrected chi connectivity index (χ4v) is 5.26. The van der Waals surface area contributed by atoms with Crippen LogP contribution in [0.4, 0.5) is 0 Å². The van der Waals surface area contributed by atoms with Crippen LogP contribution in [-0.2, 0) is 9.47 Å². The molecule has 0 saturated heterocycles. The molecular weight excluding hydrogens is 472 g/mol. The number of benzene rings is 6. The van der Waals surface area contributed by atoms with Crippen LogP contribution in [0.15, 0.2) is 109 Å². The van der Waals surface area contributed by atoms with Crippen molar-refractivity contribution in [1.29, 1.82) is 0 Å². The minimum Gasteiger partial charge on any atom is -0.465 e. The zero-order valence-electron chi connectivity index (χ0n) is 21.0. The van der Waals surface area contributed by atoms with E-state index in [9.17, 15) is 9.59 Å². The maximum Gasteiger partial charge on any atom is 0.338 e. The lowest BCUT2D eigenvalue weighted by atomic mass is 9.88. The number of ether oxygens (including phenoxy) is 2. The number of carbonyl (C=O) groups is 2. The zero-order valence-corrected chi connectivity index (χ0v) is 21.0. The van der Waals surface area contributed by atoms with Crippen molar-refractivity contribution in [2.24, 2.45) is 0 Å². The molecule has 0 aliphatic heterocycles. The average molecular weight is 497 g/mol. The van der Waals surface area contributed by atoms with Crippen molar-refractivity contribution in [3.8, 4) is 22.3 Å². The van der Waals surface area contributed by atoms with Gasteiger partial charge in [-0.25, -0.2) is 9.59 Å². The molecule has 6 rings (SSSR count). The number of fused-ring (bicyclic) bond motifs is 3. The second-order valence-corrected chi connectivity index (χ2v) is 9.18. The Morgan fingerprint density at radius 3 is 1.18 bits per heavy atom. The predicted octanol–water partition coefficient (Wildman–Crippen LogP) is 8.05. The van der Waals surface area contributed by atoms with E-state index in [0.29, 0.717) is 11.1 Å². The van der Waals surface area contributed by atoms with E-state index in [1.807, 2.05) is 109 Å². The molecule has 6 aromatic carbocycles. The van der Waals surface area contributed by atoms with Crippen LogP contribution in [0.25, 0.3) is 54.6 Å². The highest BCUT2D eigenvalue weighted by atomic mass is 16.5. The number of methoxy groups -OCH3 is 2. The summed E-state index contributed by atoms with van der Waals surface area (Å²) in [4.78, 5) is 25.8. The summed E-state index contributed by atoms with van der Waals surface area (Å²) in [6.45, 7) is 0. The molecule has 0 N–H and O–H groups in total. The van der Waals surface area contributed by atoms with Crippen molar-refractivity contribution < 1.29 is 19.1 Å². The van der Waals surface area contributed by atoms with Gasteiger partial charge in [-0.2, -0.15) is 0 Å². The van der Waals surface area contributed by atoms with Gasteiger partial charge in [-0.3, -0.25) is 0 Å². The highest BCUT2D eigenvalue weighted by molar-refractivity contribution is 6.13. The number of hydrogen-bond donors (Lipinski definition) is 0. The molecule has 0 spiro atoms. The van der Waals surface area contributed by atoms with Crippen LogP contribution in [0.5, 0.6) is 0 Å². The zero-order chi connectivity index (χ0) is 26.2. The van der Waals surface area contributed by atoms with Gasteiger partial charge in [-0.1, -0.05) is 84.9 Å². The lowest BCUT2D eigenvalue weighted by Crippen LogP contribution is -2.05. The largest absolute Gasteiger partial charge is 0.465 e. The van der Waals surface area contributed by atoms with Crippen LogP contribution < -0.4 is 0 Å². The molecule has 0 bridgehead atoms. The van der Waals surface area contributed by atoms with Gasteiger partial charge >= 0.3 is 11.9 Å². The first-order valence-corrected chi connectivity index (χ1v) is 12.3. The lowest BCUT2D eigenvalue weighted by molar-refractivity contribution is 0.0593. The fraction of sp³-hybridized carbons (Fsp3) is 0.0588. The van der Waals surface area contributed by atoms with Gasteiger partial charge in [-0.05, 0) is 78.8 Å². The number of esters is 2. The van der Waals surface area contributed by atoms with Gasteiger partial charge in [-0.15, -0.1) is 0 Å². The average Bonchev–Trinajstić information content (AvgIpc) is 2.98. The van der Waals surface area contributed by atoms with Gasteiger partial charge in [0.2, 0.25) is 0 Å². The summed E-state index contributed by atoms with van der Waals surface area (Å²) >= 11 is 0. The summed E-state index contributed by atoms with van der Waals surface area (Å²) < 4.78 is 10.3. The van der Waals surface area contributed by atoms with E-state index in [1.54, 1.807) is 0 Å². The van der Waals surface area contributed by atoms with Crippen LogP contribution in [0.2, 0.25) is 0 Å². The van der Waals surface area contributed by atoms with Crippen LogP contribution >= 0.6 is 0 Å². The third-order valence-electron chi connectivity index (χ3n) is 7.08. The van der Waals surface area contributed by atoms with E-state index >= 15 is 0 Å². The molecule has 0 aliphatic rings. The van der Waals surface area contributed by atoms with Crippen LogP contribution in [0.3, 0.4) is 0 Å². The quantitative estimate of drug-likeness (QED) is 0.232. The molecule has 0 heterocycles. The Balaban J connectivity index is 1.65. The molecule has 0 amide bonds. The Morgan fingerprint density at radius 1 is 0.447 bits per heavy atom. The molecule has 0 aromatic heterocycles. The van der Waals surface area contributed by atoms with Crippen LogP contribution in [-0.4, -0.2) is 26.2 Å². The first kappa shape index (κ1) is 23.4. The Kier molecular flexibility index (Phi) is 5.85. The Bertz CT molecular complexity index is 1750. The summed E-state index contributed by atoms with van der Waals surface area (Å²) in [6.07, 6.45) is 0. The van der Waals surface area contributed by atoms with Crippen molar-refractivity contribution in [2.75, 3.05) is 14.2 Å². The first-order valence-electron chi connectivity index (χ1n) is 12.3. The molecule has 4 nitrogen and oxygen atoms in total. The standard InChI is InChI=1S/C34H24O4/c1-37-33(35)31-19-23-11-5-3-9-21(23)17-29(31)27-15-7-14-26-25(27)13-8-16-28(26)30-18-22-10-4-6-12-24(22)20-32(30)34(36)38-2/h3-20H,1-2H3. The number of rotatable bonds is 4. The van der Waals surface area contributed by atoms with Crippen LogP contribution in [0, 0.1) is 0 Å². The molecule has 38 heavy (non-hydrogen) atoms. The Morgan fingerprint density at radius 2 is 0.816 bits per heavy atom. The van der Waals surface area contributed by atoms with Crippen molar-refractivity contribution in [1.82, 2.24) is 0 Å². The van der Waals surface area contributed by atoms with Crippen LogP contribution in [0.1, 0.15) is 20.7 Å². The van der Waals surface area contributed by atoms with Crippen molar-refractivity contribution in [2.45, 2.75) is 0 Å². The van der Waals surface area contributed by atoms with Gasteiger partial charge in [0, 0.05) is 0 Å². The molecule has 0 fully saturated rings. The highest BCUT2D eigenvalue weighted by Gasteiger charge is 2.20. The van der Waals surface area contributed by atoms with Gasteiger partial charge in [0.15, 0.2) is 0 Å². The molecule has 4 heteroatoms. The maximum atomic E-state index is 12.9. The third-order valence-corrected chi connectivity index (χ3v) is 7.08. The van der Waals surface area contributed by atoms with Gasteiger partial charge in [0.25, 0.3) is 0 Å². The molecular formula is C34H24O4. The van der Waals surface area contributed by atoms with E-state index in [1.165, 1.54) is 14.2 Å². The monoisotopic (exact) mass is 496 g/mol. The summed E-state index contributed by atoms with van der Waals surface area (Å²) in [6, 6.07) is 35.9. The molecule has 0 unspecified atom stereocenters. The molecule has 6 aromatic rings. The number of hydrogen-bond acceptors (Lipinski definition) is 4. The predicted molar refractivity (Wildman–Crippen MR) is 153 cm³/mol. The minimum absolute atomic E-state index is 0.388. The third kappa shape index (κ3) is 3.87. The lowest BCUT2D eigenvalue weighted by Gasteiger charge is -2.16. The minimum atomic E-state index is -0.388. The fourth-order valence-electron chi connectivity index (χ4n) is 5.26. The van der Waals surface area contributed by atoms with Gasteiger partial charge in [0.05, 0.1) is 25.3 Å². The van der Waals surface area contributed by atoms with Crippen molar-refractivity contribution in [3.05, 3.63) is 120 Å². The Labute approximate surface area is 220 Å². The van der Waals surface area contributed by atoms with E-state index in [2.05, 4.69) is 0 Å². The van der Waals surface area contributed by atoms with E-state index < -0.39 is 0 Å². The molecule has 0 saturated carbocycles. The highest BCUT2D eigenvalue weighted by Crippen LogP contribution is 2.39. The second-order valence-electron chi connectivity index (χ2n) is 9.18.